The van der Waals surface area contributed by atoms with E-state index >= 15 is 0 Å². The number of hydrogen-bond acceptors (Lipinski definition) is 3. The molecule has 1 unspecified atom stereocenters. The minimum atomic E-state index is -1.37. The first-order chi connectivity index (χ1) is 3.66. The van der Waals surface area contributed by atoms with Crippen molar-refractivity contribution in [1.29, 1.82) is 0 Å². The van der Waals surface area contributed by atoms with Crippen molar-refractivity contribution in [3.63, 3.8) is 0 Å². The Bertz CT molecular complexity index is 83.4. The lowest BCUT2D eigenvalue weighted by molar-refractivity contribution is 0.0666. The van der Waals surface area contributed by atoms with Crippen LogP contribution in [0.15, 0.2) is 0 Å². The van der Waals surface area contributed by atoms with Crippen molar-refractivity contribution in [1.82, 2.24) is 5.32 Å². The molecule has 0 saturated carbocycles. The Morgan fingerprint density at radius 1 is 1.75 bits per heavy atom. The van der Waals surface area contributed by atoms with Crippen LogP contribution in [0.1, 0.15) is 0 Å². The van der Waals surface area contributed by atoms with Gasteiger partial charge in [0.05, 0.1) is 6.61 Å². The van der Waals surface area contributed by atoms with E-state index in [0.717, 1.165) is 0 Å². The standard InChI is InChI=1S/C3H7NO4/c5-1-2(6)4-3(7)8/h2,4-6H,1H2,(H,7,8). The highest BCUT2D eigenvalue weighted by molar-refractivity contribution is 5.64. The van der Waals surface area contributed by atoms with Crippen molar-refractivity contribution < 1.29 is 20.1 Å². The van der Waals surface area contributed by atoms with E-state index < -0.39 is 18.9 Å². The Kier molecular flexibility index (Phi) is 2.90. The maximum atomic E-state index is 9.59. The van der Waals surface area contributed by atoms with E-state index in [1.807, 2.05) is 0 Å². The number of carbonyl (C=O) groups is 1. The number of nitrogens with one attached hydrogen (secondary N) is 1. The average molecular weight is 121 g/mol. The quantitative estimate of drug-likeness (QED) is 0.337. The Hall–Kier alpha value is -0.810. The molecule has 0 aromatic rings. The van der Waals surface area contributed by atoms with Crippen molar-refractivity contribution in [3.05, 3.63) is 0 Å². The third-order valence-electron chi connectivity index (χ3n) is 0.463. The summed E-state index contributed by atoms with van der Waals surface area (Å²) in [6.45, 7) is -0.605. The summed E-state index contributed by atoms with van der Waals surface area (Å²) in [7, 11) is 0. The second-order valence-corrected chi connectivity index (χ2v) is 1.15. The lowest BCUT2D eigenvalue weighted by Crippen LogP contribution is -2.35. The minimum absolute atomic E-state index is 0.605. The van der Waals surface area contributed by atoms with Gasteiger partial charge in [-0.2, -0.15) is 0 Å². The molecule has 48 valence electrons. The molecule has 5 heteroatoms. The molecule has 0 bridgehead atoms. The largest absolute Gasteiger partial charge is 0.465 e. The van der Waals surface area contributed by atoms with E-state index in [0.29, 0.717) is 0 Å². The van der Waals surface area contributed by atoms with E-state index in [1.165, 1.54) is 0 Å². The van der Waals surface area contributed by atoms with Crippen molar-refractivity contribution in [3.8, 4) is 0 Å². The molecule has 8 heavy (non-hydrogen) atoms. The molecule has 5 nitrogen and oxygen atoms in total. The van der Waals surface area contributed by atoms with Crippen LogP contribution in [-0.2, 0) is 0 Å². The summed E-state index contributed by atoms with van der Waals surface area (Å²) in [4.78, 5) is 9.59. The van der Waals surface area contributed by atoms with Gasteiger partial charge in [0.2, 0.25) is 0 Å². The van der Waals surface area contributed by atoms with Gasteiger partial charge >= 0.3 is 6.09 Å². The molecule has 0 radical (unpaired) electrons. The van der Waals surface area contributed by atoms with Crippen LogP contribution in [0.5, 0.6) is 0 Å². The summed E-state index contributed by atoms with van der Waals surface area (Å²) in [5.74, 6) is 0. The Morgan fingerprint density at radius 3 is 2.38 bits per heavy atom. The first kappa shape index (κ1) is 7.19. The zero-order chi connectivity index (χ0) is 6.57. The highest BCUT2D eigenvalue weighted by atomic mass is 16.4. The third-order valence-corrected chi connectivity index (χ3v) is 0.463. The summed E-state index contributed by atoms with van der Waals surface area (Å²) < 4.78 is 0. The van der Waals surface area contributed by atoms with Gasteiger partial charge in [0.1, 0.15) is 0 Å². The molecule has 0 aromatic heterocycles. The lowest BCUT2D eigenvalue weighted by Gasteiger charge is -2.03. The number of aliphatic hydroxyl groups excluding tert-OH is 2. The molecule has 4 N–H and O–H groups in total. The fourth-order valence-corrected chi connectivity index (χ4v) is 0.188. The van der Waals surface area contributed by atoms with Gasteiger partial charge < -0.3 is 15.3 Å². The molecule has 0 heterocycles. The summed E-state index contributed by atoms with van der Waals surface area (Å²) in [6, 6.07) is 0. The second kappa shape index (κ2) is 3.23. The molecule has 1 amide bonds. The number of aliphatic hydroxyl groups is 2. The van der Waals surface area contributed by atoms with Gasteiger partial charge in [0, 0.05) is 0 Å². The van der Waals surface area contributed by atoms with E-state index in [-0.39, 0.29) is 0 Å². The van der Waals surface area contributed by atoms with Gasteiger partial charge in [-0.05, 0) is 0 Å². The van der Waals surface area contributed by atoms with E-state index in [1.54, 1.807) is 5.32 Å². The predicted molar refractivity (Wildman–Crippen MR) is 24.3 cm³/mol. The number of carboxylic acid groups (broad SMARTS) is 1. The molecule has 0 aliphatic carbocycles. The number of hydrogen-bond donors (Lipinski definition) is 4. The van der Waals surface area contributed by atoms with Crippen LogP contribution in [0.2, 0.25) is 0 Å². The molecule has 0 saturated heterocycles. The molecule has 1 atom stereocenters. The summed E-state index contributed by atoms with van der Waals surface area (Å²) in [5, 5.41) is 25.7. The van der Waals surface area contributed by atoms with Gasteiger partial charge in [-0.3, -0.25) is 5.32 Å². The molecule has 0 rings (SSSR count). The number of rotatable bonds is 2. The second-order valence-electron chi connectivity index (χ2n) is 1.15. The Labute approximate surface area is 45.6 Å². The van der Waals surface area contributed by atoms with Crippen LogP contribution in [0, 0.1) is 0 Å². The monoisotopic (exact) mass is 121 g/mol. The van der Waals surface area contributed by atoms with Gasteiger partial charge in [-0.15, -0.1) is 0 Å². The van der Waals surface area contributed by atoms with Crippen LogP contribution < -0.4 is 5.32 Å². The molecule has 0 aliphatic rings. The van der Waals surface area contributed by atoms with Crippen LogP contribution >= 0.6 is 0 Å². The molecular weight excluding hydrogens is 114 g/mol. The SMILES string of the molecule is O=C(O)NC(O)CO. The van der Waals surface area contributed by atoms with Crippen LogP contribution in [0.3, 0.4) is 0 Å². The normalized spacial score (nSPS) is 12.8. The maximum absolute atomic E-state index is 9.59. The molecule has 0 aliphatic heterocycles. The fraction of sp³-hybridized carbons (Fsp3) is 0.667. The molecular formula is C3H7NO4. The van der Waals surface area contributed by atoms with E-state index in [2.05, 4.69) is 0 Å². The first-order valence-corrected chi connectivity index (χ1v) is 1.95. The van der Waals surface area contributed by atoms with Gasteiger partial charge in [-0.1, -0.05) is 0 Å². The van der Waals surface area contributed by atoms with Gasteiger partial charge in [-0.25, -0.2) is 4.79 Å². The summed E-state index contributed by atoms with van der Waals surface area (Å²) in [6.07, 6.45) is -2.72. The predicted octanol–water partition coefficient (Wildman–Crippen LogP) is -1.44. The van der Waals surface area contributed by atoms with Crippen LogP contribution in [-0.4, -0.2) is 34.2 Å². The van der Waals surface area contributed by atoms with E-state index in [4.69, 9.17) is 15.3 Å². The molecule has 0 spiro atoms. The van der Waals surface area contributed by atoms with Crippen molar-refractivity contribution >= 4 is 6.09 Å². The van der Waals surface area contributed by atoms with Crippen molar-refractivity contribution in [2.75, 3.05) is 6.61 Å². The Balaban J connectivity index is 3.24. The smallest absolute Gasteiger partial charge is 0.406 e. The fourth-order valence-electron chi connectivity index (χ4n) is 0.188. The minimum Gasteiger partial charge on any atom is -0.465 e. The highest BCUT2D eigenvalue weighted by Crippen LogP contribution is 1.70. The summed E-state index contributed by atoms with van der Waals surface area (Å²) in [5.41, 5.74) is 0. The maximum Gasteiger partial charge on any atom is 0.406 e. The topological polar surface area (TPSA) is 89.8 Å². The average Bonchev–Trinajstić information content (AvgIpc) is 1.65. The Morgan fingerprint density at radius 2 is 2.25 bits per heavy atom. The third kappa shape index (κ3) is 3.38. The lowest BCUT2D eigenvalue weighted by atomic mass is 10.6. The number of amides is 1. The first-order valence-electron chi connectivity index (χ1n) is 1.95. The molecule has 0 fully saturated rings. The zero-order valence-corrected chi connectivity index (χ0v) is 4.03. The van der Waals surface area contributed by atoms with Crippen molar-refractivity contribution in [2.24, 2.45) is 0 Å². The highest BCUT2D eigenvalue weighted by Gasteiger charge is 2.02. The zero-order valence-electron chi connectivity index (χ0n) is 4.03. The molecule has 0 aromatic carbocycles. The van der Waals surface area contributed by atoms with Gasteiger partial charge in [0.25, 0.3) is 0 Å². The van der Waals surface area contributed by atoms with Crippen molar-refractivity contribution in [2.45, 2.75) is 6.23 Å². The van der Waals surface area contributed by atoms with Crippen LogP contribution in [0.25, 0.3) is 0 Å². The van der Waals surface area contributed by atoms with Crippen LogP contribution in [0.4, 0.5) is 4.79 Å². The summed E-state index contributed by atoms with van der Waals surface area (Å²) >= 11 is 0. The van der Waals surface area contributed by atoms with Gasteiger partial charge in [0.15, 0.2) is 6.23 Å². The van der Waals surface area contributed by atoms with E-state index in [9.17, 15) is 4.79 Å².